The summed E-state index contributed by atoms with van der Waals surface area (Å²) in [4.78, 5) is 11.1. The Balaban J connectivity index is 2.07. The van der Waals surface area contributed by atoms with Crippen LogP contribution in [0.5, 0.6) is 5.75 Å². The molecule has 22 heavy (non-hydrogen) atoms. The van der Waals surface area contributed by atoms with E-state index < -0.39 is 23.4 Å². The van der Waals surface area contributed by atoms with Crippen molar-refractivity contribution in [2.45, 2.75) is 6.61 Å². The molecule has 0 aromatic heterocycles. The van der Waals surface area contributed by atoms with Gasteiger partial charge in [-0.1, -0.05) is 6.58 Å². The first kappa shape index (κ1) is 15.6. The molecule has 0 atom stereocenters. The van der Waals surface area contributed by atoms with Gasteiger partial charge in [0.05, 0.1) is 0 Å². The Labute approximate surface area is 125 Å². The zero-order chi connectivity index (χ0) is 16.1. The van der Waals surface area contributed by atoms with E-state index in [1.807, 2.05) is 0 Å². The SMILES string of the molecule is C=CC(=O)Nc1ccc(OCc2cc(F)cc(F)c2)c(F)c1. The summed E-state index contributed by atoms with van der Waals surface area (Å²) < 4.78 is 45.0. The maximum Gasteiger partial charge on any atom is 0.247 e. The normalized spacial score (nSPS) is 10.1. The van der Waals surface area contributed by atoms with Gasteiger partial charge in [-0.15, -0.1) is 0 Å². The number of carbonyl (C=O) groups excluding carboxylic acids is 1. The molecule has 0 aliphatic rings. The number of benzene rings is 2. The predicted octanol–water partition coefficient (Wildman–Crippen LogP) is 3.81. The highest BCUT2D eigenvalue weighted by molar-refractivity contribution is 5.98. The second-order valence-electron chi connectivity index (χ2n) is 4.40. The quantitative estimate of drug-likeness (QED) is 0.853. The van der Waals surface area contributed by atoms with Crippen molar-refractivity contribution in [2.75, 3.05) is 5.32 Å². The molecule has 2 rings (SSSR count). The van der Waals surface area contributed by atoms with Crippen LogP contribution in [0, 0.1) is 17.5 Å². The van der Waals surface area contributed by atoms with Crippen LogP contribution in [0.15, 0.2) is 49.1 Å². The molecule has 0 heterocycles. The van der Waals surface area contributed by atoms with Crippen molar-refractivity contribution in [3.8, 4) is 5.75 Å². The second kappa shape index (κ2) is 6.80. The van der Waals surface area contributed by atoms with Crippen LogP contribution in [0.3, 0.4) is 0 Å². The highest BCUT2D eigenvalue weighted by Crippen LogP contribution is 2.22. The molecule has 0 radical (unpaired) electrons. The third kappa shape index (κ3) is 4.12. The van der Waals surface area contributed by atoms with Gasteiger partial charge in [-0.3, -0.25) is 4.79 Å². The summed E-state index contributed by atoms with van der Waals surface area (Å²) in [6.07, 6.45) is 1.06. The van der Waals surface area contributed by atoms with E-state index in [2.05, 4.69) is 11.9 Å². The van der Waals surface area contributed by atoms with E-state index in [0.717, 1.165) is 30.3 Å². The van der Waals surface area contributed by atoms with E-state index in [4.69, 9.17) is 4.74 Å². The van der Waals surface area contributed by atoms with Crippen molar-refractivity contribution < 1.29 is 22.7 Å². The molecule has 3 nitrogen and oxygen atoms in total. The van der Waals surface area contributed by atoms with Crippen LogP contribution in [0.1, 0.15) is 5.56 Å². The minimum Gasteiger partial charge on any atom is -0.486 e. The lowest BCUT2D eigenvalue weighted by atomic mass is 10.2. The molecule has 6 heteroatoms. The molecular weight excluding hydrogens is 295 g/mol. The van der Waals surface area contributed by atoms with E-state index >= 15 is 0 Å². The zero-order valence-corrected chi connectivity index (χ0v) is 11.4. The average molecular weight is 307 g/mol. The fourth-order valence-electron chi connectivity index (χ4n) is 1.74. The Kier molecular flexibility index (Phi) is 4.83. The molecule has 0 aliphatic heterocycles. The number of anilines is 1. The zero-order valence-electron chi connectivity index (χ0n) is 11.4. The van der Waals surface area contributed by atoms with E-state index in [-0.39, 0.29) is 23.6 Å². The number of ether oxygens (including phenoxy) is 1. The summed E-state index contributed by atoms with van der Waals surface area (Å²) in [5.41, 5.74) is 0.479. The van der Waals surface area contributed by atoms with Crippen molar-refractivity contribution >= 4 is 11.6 Å². The molecule has 0 fully saturated rings. The molecule has 2 aromatic rings. The molecular formula is C16H12F3NO2. The van der Waals surface area contributed by atoms with Gasteiger partial charge < -0.3 is 10.1 Å². The molecule has 0 spiro atoms. The van der Waals surface area contributed by atoms with Crippen LogP contribution < -0.4 is 10.1 Å². The van der Waals surface area contributed by atoms with Gasteiger partial charge in [-0.25, -0.2) is 13.2 Å². The minimum absolute atomic E-state index is 0.0960. The van der Waals surface area contributed by atoms with Gasteiger partial charge in [-0.2, -0.15) is 0 Å². The Hall–Kier alpha value is -2.76. The van der Waals surface area contributed by atoms with Gasteiger partial charge in [0.2, 0.25) is 5.91 Å². The number of amides is 1. The van der Waals surface area contributed by atoms with Crippen molar-refractivity contribution in [1.29, 1.82) is 0 Å². The molecule has 0 unspecified atom stereocenters. The number of carbonyl (C=O) groups is 1. The Morgan fingerprint density at radius 3 is 2.41 bits per heavy atom. The predicted molar refractivity (Wildman–Crippen MR) is 75.9 cm³/mol. The first-order valence-electron chi connectivity index (χ1n) is 6.28. The lowest BCUT2D eigenvalue weighted by Crippen LogP contribution is -2.07. The van der Waals surface area contributed by atoms with Crippen molar-refractivity contribution in [3.63, 3.8) is 0 Å². The monoisotopic (exact) mass is 307 g/mol. The smallest absolute Gasteiger partial charge is 0.247 e. The molecule has 0 bridgehead atoms. The molecule has 1 amide bonds. The highest BCUT2D eigenvalue weighted by Gasteiger charge is 2.07. The Morgan fingerprint density at radius 1 is 1.14 bits per heavy atom. The van der Waals surface area contributed by atoms with Gasteiger partial charge in [0.25, 0.3) is 0 Å². The third-order valence-corrected chi connectivity index (χ3v) is 2.70. The van der Waals surface area contributed by atoms with Crippen LogP contribution in [0.2, 0.25) is 0 Å². The van der Waals surface area contributed by atoms with Gasteiger partial charge >= 0.3 is 0 Å². The van der Waals surface area contributed by atoms with Gasteiger partial charge in [0.1, 0.15) is 18.2 Å². The van der Waals surface area contributed by atoms with E-state index in [1.165, 1.54) is 12.1 Å². The lowest BCUT2D eigenvalue weighted by molar-refractivity contribution is -0.111. The van der Waals surface area contributed by atoms with Crippen molar-refractivity contribution in [1.82, 2.24) is 0 Å². The Bertz CT molecular complexity index is 696. The highest BCUT2D eigenvalue weighted by atomic mass is 19.1. The summed E-state index contributed by atoms with van der Waals surface area (Å²) in [7, 11) is 0. The van der Waals surface area contributed by atoms with Gasteiger partial charge in [0, 0.05) is 17.8 Å². The summed E-state index contributed by atoms with van der Waals surface area (Å²) in [6, 6.07) is 6.75. The third-order valence-electron chi connectivity index (χ3n) is 2.70. The first-order chi connectivity index (χ1) is 10.5. The Morgan fingerprint density at radius 2 is 1.82 bits per heavy atom. The lowest BCUT2D eigenvalue weighted by Gasteiger charge is -2.09. The van der Waals surface area contributed by atoms with Crippen LogP contribution in [0.4, 0.5) is 18.9 Å². The number of hydrogen-bond donors (Lipinski definition) is 1. The molecule has 1 N–H and O–H groups in total. The van der Waals surface area contributed by atoms with Crippen LogP contribution in [-0.4, -0.2) is 5.91 Å². The van der Waals surface area contributed by atoms with Gasteiger partial charge in [-0.05, 0) is 35.9 Å². The number of rotatable bonds is 5. The second-order valence-corrected chi connectivity index (χ2v) is 4.40. The van der Waals surface area contributed by atoms with E-state index in [1.54, 1.807) is 0 Å². The topological polar surface area (TPSA) is 38.3 Å². The van der Waals surface area contributed by atoms with Gasteiger partial charge in [0.15, 0.2) is 11.6 Å². The molecule has 114 valence electrons. The number of nitrogens with one attached hydrogen (secondary N) is 1. The fourth-order valence-corrected chi connectivity index (χ4v) is 1.74. The molecule has 0 aliphatic carbocycles. The summed E-state index contributed by atoms with van der Waals surface area (Å²) in [5.74, 6) is -2.74. The van der Waals surface area contributed by atoms with E-state index in [0.29, 0.717) is 0 Å². The largest absolute Gasteiger partial charge is 0.486 e. The number of hydrogen-bond acceptors (Lipinski definition) is 2. The summed E-state index contributed by atoms with van der Waals surface area (Å²) >= 11 is 0. The average Bonchev–Trinajstić information content (AvgIpc) is 2.45. The maximum absolute atomic E-state index is 13.8. The van der Waals surface area contributed by atoms with Crippen molar-refractivity contribution in [2.24, 2.45) is 0 Å². The van der Waals surface area contributed by atoms with Crippen LogP contribution in [0.25, 0.3) is 0 Å². The fraction of sp³-hybridized carbons (Fsp3) is 0.0625. The molecule has 0 saturated carbocycles. The number of halogens is 3. The molecule has 2 aromatic carbocycles. The maximum atomic E-state index is 13.8. The van der Waals surface area contributed by atoms with Crippen molar-refractivity contribution in [3.05, 3.63) is 72.1 Å². The summed E-state index contributed by atoms with van der Waals surface area (Å²) in [5, 5.41) is 2.40. The molecule has 0 saturated heterocycles. The van der Waals surface area contributed by atoms with Crippen LogP contribution >= 0.6 is 0 Å². The standard InChI is InChI=1S/C16H12F3NO2/c1-2-16(21)20-13-3-4-15(14(19)8-13)22-9-10-5-11(17)7-12(18)6-10/h2-8H,1,9H2,(H,20,21). The van der Waals surface area contributed by atoms with E-state index in [9.17, 15) is 18.0 Å². The minimum atomic E-state index is -0.735. The first-order valence-corrected chi connectivity index (χ1v) is 6.28. The van der Waals surface area contributed by atoms with Crippen LogP contribution in [-0.2, 0) is 11.4 Å². The summed E-state index contributed by atoms with van der Waals surface area (Å²) in [6.45, 7) is 3.09.